The van der Waals surface area contributed by atoms with Crippen LogP contribution < -0.4 is 9.47 Å². The first-order chi connectivity index (χ1) is 12.0. The number of carbonyl (C=O) groups is 1. The number of halogens is 1. The van der Waals surface area contributed by atoms with Gasteiger partial charge in [-0.25, -0.2) is 9.78 Å². The molecule has 2 aromatic heterocycles. The van der Waals surface area contributed by atoms with E-state index in [9.17, 15) is 4.79 Å². The van der Waals surface area contributed by atoms with Crippen molar-refractivity contribution in [3.8, 4) is 11.5 Å². The topological polar surface area (TPSA) is 62.1 Å². The molecule has 6 nitrogen and oxygen atoms in total. The van der Waals surface area contributed by atoms with Gasteiger partial charge in [-0.1, -0.05) is 17.7 Å². The molecule has 0 saturated heterocycles. The van der Waals surface area contributed by atoms with Crippen LogP contribution in [0.25, 0.3) is 5.65 Å². The predicted octanol–water partition coefficient (Wildman–Crippen LogP) is 3.67. The highest BCUT2D eigenvalue weighted by molar-refractivity contribution is 6.32. The molecule has 3 rings (SSSR count). The van der Waals surface area contributed by atoms with Gasteiger partial charge in [0, 0.05) is 12.4 Å². The Hall–Kier alpha value is -2.73. The maximum absolute atomic E-state index is 12.3. The molecule has 0 bridgehead atoms. The molecule has 0 spiro atoms. The number of pyridine rings is 1. The number of hydrogen-bond donors (Lipinski definition) is 0. The Morgan fingerprint density at radius 2 is 2.00 bits per heavy atom. The lowest BCUT2D eigenvalue weighted by Gasteiger charge is -2.11. The van der Waals surface area contributed by atoms with E-state index in [1.165, 1.54) is 26.4 Å². The van der Waals surface area contributed by atoms with Crippen LogP contribution in [0.3, 0.4) is 0 Å². The Morgan fingerprint density at radius 1 is 1.20 bits per heavy atom. The van der Waals surface area contributed by atoms with Gasteiger partial charge < -0.3 is 18.6 Å². The fraction of sp³-hybridized carbons (Fsp3) is 0.222. The maximum Gasteiger partial charge on any atom is 0.338 e. The number of nitrogens with zero attached hydrogens (tertiary/aromatic N) is 2. The summed E-state index contributed by atoms with van der Waals surface area (Å²) in [5.74, 6) is 0.220. The Balaban J connectivity index is 1.76. The van der Waals surface area contributed by atoms with Gasteiger partial charge in [-0.3, -0.25) is 0 Å². The summed E-state index contributed by atoms with van der Waals surface area (Å²) in [7, 11) is 2.95. The number of aryl methyl sites for hydroxylation is 1. The van der Waals surface area contributed by atoms with Crippen molar-refractivity contribution in [2.24, 2.45) is 0 Å². The van der Waals surface area contributed by atoms with Crippen LogP contribution in [-0.2, 0) is 11.3 Å². The van der Waals surface area contributed by atoms with Crippen molar-refractivity contribution in [1.29, 1.82) is 0 Å². The lowest BCUT2D eigenvalue weighted by Crippen LogP contribution is -2.06. The first-order valence-corrected chi connectivity index (χ1v) is 7.92. The zero-order valence-corrected chi connectivity index (χ0v) is 14.8. The largest absolute Gasteiger partial charge is 0.493 e. The van der Waals surface area contributed by atoms with Crippen molar-refractivity contribution in [1.82, 2.24) is 9.38 Å². The van der Waals surface area contributed by atoms with E-state index in [0.29, 0.717) is 17.2 Å². The average Bonchev–Trinajstić information content (AvgIpc) is 3.00. The molecular formula is C18H17ClN2O4. The van der Waals surface area contributed by atoms with Gasteiger partial charge in [-0.2, -0.15) is 0 Å². The molecular weight excluding hydrogens is 344 g/mol. The molecule has 7 heteroatoms. The van der Waals surface area contributed by atoms with Crippen LogP contribution in [0.15, 0.2) is 36.7 Å². The summed E-state index contributed by atoms with van der Waals surface area (Å²) in [6, 6.07) is 6.90. The van der Waals surface area contributed by atoms with Crippen LogP contribution in [0.4, 0.5) is 0 Å². The van der Waals surface area contributed by atoms with E-state index >= 15 is 0 Å². The summed E-state index contributed by atoms with van der Waals surface area (Å²) in [5.41, 5.74) is 2.85. The third-order valence-electron chi connectivity index (χ3n) is 3.67. The quantitative estimate of drug-likeness (QED) is 0.650. The Morgan fingerprint density at radius 3 is 2.72 bits per heavy atom. The van der Waals surface area contributed by atoms with Crippen molar-refractivity contribution < 1.29 is 19.0 Å². The highest BCUT2D eigenvalue weighted by Crippen LogP contribution is 2.36. The van der Waals surface area contributed by atoms with E-state index in [4.69, 9.17) is 25.8 Å². The van der Waals surface area contributed by atoms with E-state index in [1.807, 2.05) is 35.9 Å². The van der Waals surface area contributed by atoms with Crippen molar-refractivity contribution >= 4 is 23.2 Å². The van der Waals surface area contributed by atoms with E-state index < -0.39 is 5.97 Å². The van der Waals surface area contributed by atoms with Crippen molar-refractivity contribution in [3.05, 3.63) is 58.5 Å². The number of aromatic nitrogens is 2. The predicted molar refractivity (Wildman–Crippen MR) is 93.6 cm³/mol. The molecule has 1 aromatic carbocycles. The number of fused-ring (bicyclic) bond motifs is 1. The van der Waals surface area contributed by atoms with Gasteiger partial charge in [0.15, 0.2) is 11.5 Å². The highest BCUT2D eigenvalue weighted by Gasteiger charge is 2.16. The maximum atomic E-state index is 12.3. The number of imidazole rings is 1. The average molecular weight is 361 g/mol. The lowest BCUT2D eigenvalue weighted by atomic mass is 10.2. The monoisotopic (exact) mass is 360 g/mol. The SMILES string of the molecule is COc1cc(C(=O)OCc2cn3cc(C)ccc3n2)cc(Cl)c1OC. The number of rotatable bonds is 5. The van der Waals surface area contributed by atoms with Gasteiger partial charge in [-0.15, -0.1) is 0 Å². The number of benzene rings is 1. The lowest BCUT2D eigenvalue weighted by molar-refractivity contribution is 0.0468. The summed E-state index contributed by atoms with van der Waals surface area (Å²) in [6.07, 6.45) is 3.79. The van der Waals surface area contributed by atoms with Gasteiger partial charge in [0.05, 0.1) is 30.5 Å². The van der Waals surface area contributed by atoms with Crippen LogP contribution in [-0.4, -0.2) is 29.6 Å². The molecule has 3 aromatic rings. The second-order valence-corrected chi connectivity index (χ2v) is 5.88. The minimum Gasteiger partial charge on any atom is -0.493 e. The van der Waals surface area contributed by atoms with E-state index in [1.54, 1.807) is 0 Å². The Bertz CT molecular complexity index is 936. The molecule has 0 amide bonds. The normalized spacial score (nSPS) is 10.7. The van der Waals surface area contributed by atoms with E-state index in [0.717, 1.165) is 11.2 Å². The number of methoxy groups -OCH3 is 2. The van der Waals surface area contributed by atoms with Gasteiger partial charge in [0.1, 0.15) is 12.3 Å². The number of esters is 1. The van der Waals surface area contributed by atoms with Gasteiger partial charge in [-0.05, 0) is 30.7 Å². The zero-order chi connectivity index (χ0) is 18.0. The molecule has 2 heterocycles. The minimum absolute atomic E-state index is 0.0610. The van der Waals surface area contributed by atoms with Crippen LogP contribution in [0.5, 0.6) is 11.5 Å². The second kappa shape index (κ2) is 7.03. The fourth-order valence-corrected chi connectivity index (χ4v) is 2.77. The van der Waals surface area contributed by atoms with Crippen molar-refractivity contribution in [2.45, 2.75) is 13.5 Å². The minimum atomic E-state index is -0.518. The van der Waals surface area contributed by atoms with Crippen LogP contribution >= 0.6 is 11.6 Å². The Labute approximate surface area is 149 Å². The Kier molecular flexibility index (Phi) is 4.81. The molecule has 0 radical (unpaired) electrons. The molecule has 0 unspecified atom stereocenters. The summed E-state index contributed by atoms with van der Waals surface area (Å²) in [6.45, 7) is 2.06. The summed E-state index contributed by atoms with van der Waals surface area (Å²) >= 11 is 6.11. The van der Waals surface area contributed by atoms with E-state index in [2.05, 4.69) is 4.98 Å². The number of ether oxygens (including phenoxy) is 3. The molecule has 0 aliphatic heterocycles. The standard InChI is InChI=1S/C18H17ClN2O4/c1-11-4-5-16-20-13(9-21(16)8-11)10-25-18(22)12-6-14(19)17(24-3)15(7-12)23-2/h4-9H,10H2,1-3H3. The third-order valence-corrected chi connectivity index (χ3v) is 3.95. The summed E-state index contributed by atoms with van der Waals surface area (Å²) in [4.78, 5) is 16.7. The number of hydrogen-bond acceptors (Lipinski definition) is 5. The second-order valence-electron chi connectivity index (χ2n) is 5.47. The molecule has 0 fully saturated rings. The van der Waals surface area contributed by atoms with Crippen LogP contribution in [0.1, 0.15) is 21.6 Å². The summed E-state index contributed by atoms with van der Waals surface area (Å²) < 4.78 is 17.6. The molecule has 0 saturated carbocycles. The highest BCUT2D eigenvalue weighted by atomic mass is 35.5. The first-order valence-electron chi connectivity index (χ1n) is 7.54. The van der Waals surface area contributed by atoms with Crippen molar-refractivity contribution in [3.63, 3.8) is 0 Å². The van der Waals surface area contributed by atoms with Gasteiger partial charge in [0.25, 0.3) is 0 Å². The smallest absolute Gasteiger partial charge is 0.338 e. The third kappa shape index (κ3) is 3.53. The fourth-order valence-electron chi connectivity index (χ4n) is 2.48. The molecule has 0 aliphatic carbocycles. The molecule has 0 aliphatic rings. The summed E-state index contributed by atoms with van der Waals surface area (Å²) in [5, 5.41) is 0.275. The van der Waals surface area contributed by atoms with Gasteiger partial charge in [0.2, 0.25) is 0 Å². The van der Waals surface area contributed by atoms with Crippen molar-refractivity contribution in [2.75, 3.05) is 14.2 Å². The molecule has 25 heavy (non-hydrogen) atoms. The number of carbonyl (C=O) groups excluding carboxylic acids is 1. The first kappa shape index (κ1) is 17.1. The molecule has 130 valence electrons. The van der Waals surface area contributed by atoms with Crippen LogP contribution in [0.2, 0.25) is 5.02 Å². The zero-order valence-electron chi connectivity index (χ0n) is 14.1. The van der Waals surface area contributed by atoms with E-state index in [-0.39, 0.29) is 17.2 Å². The van der Waals surface area contributed by atoms with Crippen LogP contribution in [0, 0.1) is 6.92 Å². The van der Waals surface area contributed by atoms with Gasteiger partial charge >= 0.3 is 5.97 Å². The molecule has 0 atom stereocenters. The molecule has 0 N–H and O–H groups in total.